The van der Waals surface area contributed by atoms with Crippen molar-refractivity contribution < 1.29 is 0 Å². The van der Waals surface area contributed by atoms with Gasteiger partial charge in [0, 0.05) is 50.5 Å². The van der Waals surface area contributed by atoms with Crippen molar-refractivity contribution in [2.75, 3.05) is 9.80 Å². The van der Waals surface area contributed by atoms with E-state index >= 15 is 0 Å². The fourth-order valence-corrected chi connectivity index (χ4v) is 10.9. The lowest BCUT2D eigenvalue weighted by Gasteiger charge is -2.41. The summed E-state index contributed by atoms with van der Waals surface area (Å²) in [6.45, 7) is 4.66. The molecule has 0 N–H and O–H groups in total. The topological polar surface area (TPSA) is 88.8 Å². The van der Waals surface area contributed by atoms with Crippen molar-refractivity contribution in [2.24, 2.45) is 0 Å². The van der Waals surface area contributed by atoms with Crippen LogP contribution in [0.3, 0.4) is 0 Å². The number of aromatic nitrogens is 7. The molecule has 12 aromatic rings. The summed E-state index contributed by atoms with van der Waals surface area (Å²) < 4.78 is 2.44. The smallest absolute Gasteiger partial charge is 0.238 e. The van der Waals surface area contributed by atoms with Gasteiger partial charge in [-0.3, -0.25) is 9.80 Å². The summed E-state index contributed by atoms with van der Waals surface area (Å²) >= 11 is 0. The van der Waals surface area contributed by atoms with E-state index in [-0.39, 0.29) is 0 Å². The summed E-state index contributed by atoms with van der Waals surface area (Å²) in [6.07, 6.45) is 0.732. The lowest BCUT2D eigenvalue weighted by atomic mass is 9.73. The molecule has 0 atom stereocenters. The maximum Gasteiger partial charge on any atom is 0.238 e. The number of para-hydroxylation sites is 3. The van der Waals surface area contributed by atoms with E-state index in [1.165, 1.54) is 16.7 Å². The molecule has 14 rings (SSSR count). The van der Waals surface area contributed by atoms with E-state index in [1.54, 1.807) is 0 Å². The van der Waals surface area contributed by atoms with Crippen molar-refractivity contribution in [3.8, 4) is 51.2 Å². The fraction of sp³-hybridized carbons (Fsp3) is 0.0625. The van der Waals surface area contributed by atoms with Crippen LogP contribution in [0.4, 0.5) is 34.6 Å². The number of benzene rings is 9. The molecule has 0 bridgehead atoms. The summed E-state index contributed by atoms with van der Waals surface area (Å²) in [5.41, 5.74) is 15.3. The van der Waals surface area contributed by atoms with Crippen molar-refractivity contribution >= 4 is 56.5 Å². The standard InChI is InChI=1S/C64H45N9/c1-64(2)50-33-19-21-35-53(50)73(63-69-60(43-26-12-5-13-27-43)66-61(70-63)44-28-14-6-15-29-44)57-39-49-48-38-54-46(37-55(48)71(56(49)40-51(57)64)47-31-16-7-17-32-47)36-45-30-18-20-34-52(45)72(54)62-67-58(41-22-8-3-9-23-41)65-59(68-62)42-24-10-4-11-25-42/h3-35,37-40H,36H2,1-2H3. The minimum absolute atomic E-state index is 0.407. The molecule has 73 heavy (non-hydrogen) atoms. The van der Waals surface area contributed by atoms with Crippen LogP contribution >= 0.6 is 0 Å². The van der Waals surface area contributed by atoms with Gasteiger partial charge in [-0.2, -0.15) is 19.9 Å². The molecule has 346 valence electrons. The van der Waals surface area contributed by atoms with Gasteiger partial charge in [0.1, 0.15) is 0 Å². The zero-order valence-electron chi connectivity index (χ0n) is 40.1. The molecular formula is C64H45N9. The van der Waals surface area contributed by atoms with Gasteiger partial charge in [-0.1, -0.05) is 190 Å². The Labute approximate surface area is 422 Å². The van der Waals surface area contributed by atoms with Crippen LogP contribution in [0.15, 0.2) is 224 Å². The van der Waals surface area contributed by atoms with Crippen LogP contribution in [0.25, 0.3) is 73.0 Å². The van der Waals surface area contributed by atoms with Crippen molar-refractivity contribution in [3.63, 3.8) is 0 Å². The Bertz CT molecular complexity index is 3970. The highest BCUT2D eigenvalue weighted by atomic mass is 15.3. The number of nitrogens with zero attached hydrogens (tertiary/aromatic N) is 9. The molecule has 5 heterocycles. The normalized spacial score (nSPS) is 13.3. The van der Waals surface area contributed by atoms with E-state index in [4.69, 9.17) is 29.9 Å². The zero-order valence-corrected chi connectivity index (χ0v) is 40.1. The first-order valence-corrected chi connectivity index (χ1v) is 24.7. The molecule has 0 amide bonds. The van der Waals surface area contributed by atoms with Gasteiger partial charge in [-0.25, -0.2) is 9.97 Å². The van der Waals surface area contributed by atoms with Crippen LogP contribution < -0.4 is 9.80 Å². The Morgan fingerprint density at radius 2 is 0.753 bits per heavy atom. The third kappa shape index (κ3) is 6.99. The molecule has 9 aromatic carbocycles. The third-order valence-electron chi connectivity index (χ3n) is 14.5. The highest BCUT2D eigenvalue weighted by Crippen LogP contribution is 2.54. The van der Waals surface area contributed by atoms with E-state index < -0.39 is 5.41 Å². The first kappa shape index (κ1) is 42.3. The van der Waals surface area contributed by atoms with E-state index in [0.29, 0.717) is 35.2 Å². The molecular weight excluding hydrogens is 895 g/mol. The second-order valence-corrected chi connectivity index (χ2v) is 19.2. The maximum atomic E-state index is 5.35. The second-order valence-electron chi connectivity index (χ2n) is 19.2. The SMILES string of the molecule is CC1(C)c2ccccc2N(c2nc(-c3ccccc3)nc(-c3ccccc3)n2)c2cc3c4cc5c(cc4n(-c4ccccc4)c3cc21)Cc1ccccc1N5c1nc(-c2ccccc2)nc(-c2ccccc2)n1. The van der Waals surface area contributed by atoms with Crippen LogP contribution in [-0.4, -0.2) is 34.5 Å². The summed E-state index contributed by atoms with van der Waals surface area (Å²) in [4.78, 5) is 36.0. The molecule has 0 fully saturated rings. The monoisotopic (exact) mass is 939 g/mol. The van der Waals surface area contributed by atoms with E-state index in [0.717, 1.165) is 84.5 Å². The average molecular weight is 940 g/mol. The minimum atomic E-state index is -0.407. The van der Waals surface area contributed by atoms with Crippen molar-refractivity contribution in [2.45, 2.75) is 25.7 Å². The molecule has 0 saturated heterocycles. The Hall–Kier alpha value is -9.60. The third-order valence-corrected chi connectivity index (χ3v) is 14.5. The quantitative estimate of drug-likeness (QED) is 0.156. The number of rotatable bonds is 7. The Balaban J connectivity index is 1.05. The first-order valence-electron chi connectivity index (χ1n) is 24.7. The van der Waals surface area contributed by atoms with Gasteiger partial charge in [-0.15, -0.1) is 0 Å². The van der Waals surface area contributed by atoms with Gasteiger partial charge >= 0.3 is 0 Å². The number of hydrogen-bond donors (Lipinski definition) is 0. The first-order chi connectivity index (χ1) is 35.9. The minimum Gasteiger partial charge on any atom is -0.309 e. The summed E-state index contributed by atoms with van der Waals surface area (Å²) in [5, 5.41) is 2.18. The van der Waals surface area contributed by atoms with Gasteiger partial charge in [0.25, 0.3) is 0 Å². The number of anilines is 6. The lowest BCUT2D eigenvalue weighted by Crippen LogP contribution is -2.31. The second kappa shape index (κ2) is 16.8. The van der Waals surface area contributed by atoms with Gasteiger partial charge in [0.05, 0.1) is 33.8 Å². The largest absolute Gasteiger partial charge is 0.309 e. The van der Waals surface area contributed by atoms with E-state index in [1.807, 2.05) is 72.8 Å². The van der Waals surface area contributed by atoms with Gasteiger partial charge in [0.15, 0.2) is 23.3 Å². The number of fused-ring (bicyclic) bond motifs is 7. The summed E-state index contributed by atoms with van der Waals surface area (Å²) in [6, 6.07) is 78.3. The predicted molar refractivity (Wildman–Crippen MR) is 294 cm³/mol. The van der Waals surface area contributed by atoms with Crippen LogP contribution in [-0.2, 0) is 11.8 Å². The number of hydrogen-bond acceptors (Lipinski definition) is 8. The zero-order chi connectivity index (χ0) is 48.6. The molecule has 0 spiro atoms. The average Bonchev–Trinajstić information content (AvgIpc) is 3.76. The Morgan fingerprint density at radius 1 is 0.342 bits per heavy atom. The summed E-state index contributed by atoms with van der Waals surface area (Å²) in [5.74, 6) is 3.51. The van der Waals surface area contributed by atoms with Crippen LogP contribution in [0.5, 0.6) is 0 Å². The van der Waals surface area contributed by atoms with Crippen molar-refractivity contribution in [1.29, 1.82) is 0 Å². The highest BCUT2D eigenvalue weighted by Gasteiger charge is 2.39. The van der Waals surface area contributed by atoms with E-state index in [9.17, 15) is 0 Å². The molecule has 0 unspecified atom stereocenters. The molecule has 0 radical (unpaired) electrons. The van der Waals surface area contributed by atoms with Gasteiger partial charge < -0.3 is 4.57 Å². The highest BCUT2D eigenvalue weighted by molar-refractivity contribution is 6.13. The molecule has 0 aliphatic carbocycles. The van der Waals surface area contributed by atoms with Gasteiger partial charge in [-0.05, 0) is 70.8 Å². The molecule has 0 saturated carbocycles. The molecule has 2 aliphatic heterocycles. The Morgan fingerprint density at radius 3 is 1.27 bits per heavy atom. The van der Waals surface area contributed by atoms with Crippen molar-refractivity contribution in [3.05, 3.63) is 247 Å². The molecule has 2 aliphatic rings. The molecule has 3 aromatic heterocycles. The van der Waals surface area contributed by atoms with Crippen LogP contribution in [0.2, 0.25) is 0 Å². The fourth-order valence-electron chi connectivity index (χ4n) is 10.9. The van der Waals surface area contributed by atoms with Gasteiger partial charge in [0.2, 0.25) is 11.9 Å². The van der Waals surface area contributed by atoms with Crippen molar-refractivity contribution in [1.82, 2.24) is 34.5 Å². The molecule has 9 heteroatoms. The van der Waals surface area contributed by atoms with E-state index in [2.05, 4.69) is 180 Å². The maximum absolute atomic E-state index is 5.35. The Kier molecular flexibility index (Phi) is 9.72. The predicted octanol–water partition coefficient (Wildman–Crippen LogP) is 15.3. The lowest BCUT2D eigenvalue weighted by molar-refractivity contribution is 0.631. The molecule has 9 nitrogen and oxygen atoms in total. The van der Waals surface area contributed by atoms with Crippen LogP contribution in [0, 0.1) is 0 Å². The summed E-state index contributed by atoms with van der Waals surface area (Å²) in [7, 11) is 0. The van der Waals surface area contributed by atoms with Crippen LogP contribution in [0.1, 0.15) is 36.1 Å².